The van der Waals surface area contributed by atoms with Gasteiger partial charge in [0.15, 0.2) is 0 Å². The molecule has 0 bridgehead atoms. The lowest BCUT2D eigenvalue weighted by atomic mass is 10.1. The molecule has 0 N–H and O–H groups in total. The van der Waals surface area contributed by atoms with Gasteiger partial charge < -0.3 is 4.74 Å². The summed E-state index contributed by atoms with van der Waals surface area (Å²) in [6.07, 6.45) is 1.77. The molecule has 2 heterocycles. The van der Waals surface area contributed by atoms with E-state index in [2.05, 4.69) is 0 Å². The molecule has 6 heteroatoms. The summed E-state index contributed by atoms with van der Waals surface area (Å²) in [6, 6.07) is 9.81. The molecule has 0 atom stereocenters. The first-order valence-corrected chi connectivity index (χ1v) is 8.22. The van der Waals surface area contributed by atoms with Crippen LogP contribution in [0.3, 0.4) is 0 Å². The van der Waals surface area contributed by atoms with Gasteiger partial charge in [0.05, 0.1) is 12.0 Å². The van der Waals surface area contributed by atoms with Crippen LogP contribution in [-0.2, 0) is 4.79 Å². The fourth-order valence-corrected chi connectivity index (χ4v) is 3.78. The summed E-state index contributed by atoms with van der Waals surface area (Å²) in [5, 5.41) is 1.80. The fourth-order valence-electron chi connectivity index (χ4n) is 2.04. The van der Waals surface area contributed by atoms with Crippen molar-refractivity contribution in [3.05, 3.63) is 45.5 Å². The van der Waals surface area contributed by atoms with Crippen LogP contribution in [0.2, 0.25) is 0 Å². The first-order valence-electron chi connectivity index (χ1n) is 6.53. The molecule has 2 amide bonds. The largest absolute Gasteiger partial charge is 0.497 e. The van der Waals surface area contributed by atoms with E-state index in [9.17, 15) is 9.59 Å². The highest BCUT2D eigenvalue weighted by Crippen LogP contribution is 2.34. The van der Waals surface area contributed by atoms with E-state index in [-0.39, 0.29) is 11.1 Å². The monoisotopic (exact) mass is 331 g/mol. The second-order valence-corrected chi connectivity index (χ2v) is 6.64. The number of benzene rings is 1. The van der Waals surface area contributed by atoms with Crippen LogP contribution in [0.1, 0.15) is 4.88 Å². The number of methoxy groups -OCH3 is 1. The molecule has 1 aromatic carbocycles. The number of ether oxygens (including phenoxy) is 1. The third-order valence-electron chi connectivity index (χ3n) is 3.30. The van der Waals surface area contributed by atoms with Gasteiger partial charge in [-0.2, -0.15) is 0 Å². The third kappa shape index (κ3) is 2.80. The Hall–Kier alpha value is -2.05. The molecule has 1 aliphatic rings. The van der Waals surface area contributed by atoms with Crippen LogP contribution in [0, 0.1) is 0 Å². The molecule has 0 spiro atoms. The lowest BCUT2D eigenvalue weighted by molar-refractivity contribution is -0.121. The molecular formula is C16H13NO3S2. The molecule has 0 aliphatic carbocycles. The van der Waals surface area contributed by atoms with Gasteiger partial charge in [0.1, 0.15) is 5.75 Å². The van der Waals surface area contributed by atoms with Crippen molar-refractivity contribution in [3.63, 3.8) is 0 Å². The predicted octanol–water partition coefficient (Wildman–Crippen LogP) is 4.09. The number of imide groups is 1. The van der Waals surface area contributed by atoms with Crippen molar-refractivity contribution in [3.8, 4) is 16.9 Å². The second kappa shape index (κ2) is 5.98. The predicted molar refractivity (Wildman–Crippen MR) is 90.0 cm³/mol. The minimum atomic E-state index is -0.241. The van der Waals surface area contributed by atoms with Gasteiger partial charge in [0.25, 0.3) is 11.1 Å². The van der Waals surface area contributed by atoms with Crippen LogP contribution in [-0.4, -0.2) is 30.2 Å². The summed E-state index contributed by atoms with van der Waals surface area (Å²) < 4.78 is 5.15. The van der Waals surface area contributed by atoms with Gasteiger partial charge in [0.2, 0.25) is 0 Å². The Kier molecular flexibility index (Phi) is 4.04. The molecule has 22 heavy (non-hydrogen) atoms. The van der Waals surface area contributed by atoms with E-state index >= 15 is 0 Å². The summed E-state index contributed by atoms with van der Waals surface area (Å²) in [7, 11) is 3.13. The van der Waals surface area contributed by atoms with E-state index in [0.717, 1.165) is 38.4 Å². The number of likely N-dealkylation sites (N-methyl/N-ethyl adjacent to an activating group) is 1. The first kappa shape index (κ1) is 14.9. The highest BCUT2D eigenvalue weighted by Gasteiger charge is 2.31. The first-order chi connectivity index (χ1) is 10.6. The molecule has 1 fully saturated rings. The minimum Gasteiger partial charge on any atom is -0.497 e. The molecule has 3 rings (SSSR count). The number of hydrogen-bond acceptors (Lipinski definition) is 5. The molecule has 4 nitrogen and oxygen atoms in total. The van der Waals surface area contributed by atoms with Crippen LogP contribution in [0.25, 0.3) is 17.2 Å². The molecule has 112 valence electrons. The van der Waals surface area contributed by atoms with E-state index < -0.39 is 0 Å². The molecule has 1 aromatic heterocycles. The third-order valence-corrected chi connectivity index (χ3v) is 5.14. The van der Waals surface area contributed by atoms with Crippen LogP contribution in [0.15, 0.2) is 40.6 Å². The van der Waals surface area contributed by atoms with Crippen molar-refractivity contribution in [2.24, 2.45) is 0 Å². The maximum absolute atomic E-state index is 11.9. The number of nitrogens with zero attached hydrogens (tertiary/aromatic N) is 1. The average molecular weight is 331 g/mol. The number of amides is 2. The zero-order valence-electron chi connectivity index (χ0n) is 12.0. The van der Waals surface area contributed by atoms with Gasteiger partial charge in [-0.05, 0) is 52.5 Å². The Morgan fingerprint density at radius 1 is 1.14 bits per heavy atom. The van der Waals surface area contributed by atoms with Gasteiger partial charge in [0, 0.05) is 11.9 Å². The zero-order chi connectivity index (χ0) is 15.7. The summed E-state index contributed by atoms with van der Waals surface area (Å²) >= 11 is 2.52. The van der Waals surface area contributed by atoms with Gasteiger partial charge in [-0.3, -0.25) is 14.5 Å². The van der Waals surface area contributed by atoms with Gasteiger partial charge in [-0.25, -0.2) is 0 Å². The Morgan fingerprint density at radius 3 is 2.45 bits per heavy atom. The topological polar surface area (TPSA) is 46.6 Å². The number of thiophene rings is 1. The van der Waals surface area contributed by atoms with Gasteiger partial charge in [-0.1, -0.05) is 12.1 Å². The number of carbonyl (C=O) groups excluding carboxylic acids is 2. The Balaban J connectivity index is 1.85. The molecule has 1 saturated heterocycles. The van der Waals surface area contributed by atoms with Crippen molar-refractivity contribution in [1.29, 1.82) is 0 Å². The zero-order valence-corrected chi connectivity index (χ0v) is 13.7. The molecule has 0 saturated carbocycles. The van der Waals surface area contributed by atoms with Crippen molar-refractivity contribution >= 4 is 40.3 Å². The van der Waals surface area contributed by atoms with Gasteiger partial charge in [-0.15, -0.1) is 11.3 Å². The average Bonchev–Trinajstić information content (AvgIpc) is 3.09. The highest BCUT2D eigenvalue weighted by molar-refractivity contribution is 8.18. The number of hydrogen-bond donors (Lipinski definition) is 0. The minimum absolute atomic E-state index is 0.233. The maximum atomic E-state index is 11.9. The highest BCUT2D eigenvalue weighted by atomic mass is 32.2. The van der Waals surface area contributed by atoms with Crippen molar-refractivity contribution in [1.82, 2.24) is 4.90 Å². The van der Waals surface area contributed by atoms with E-state index in [0.29, 0.717) is 4.91 Å². The van der Waals surface area contributed by atoms with Crippen molar-refractivity contribution < 1.29 is 14.3 Å². The van der Waals surface area contributed by atoms with E-state index in [4.69, 9.17) is 4.74 Å². The summed E-state index contributed by atoms with van der Waals surface area (Å²) in [5.41, 5.74) is 2.16. The molecule has 0 radical (unpaired) electrons. The van der Waals surface area contributed by atoms with Crippen LogP contribution in [0.4, 0.5) is 4.79 Å². The number of carbonyl (C=O) groups is 2. The molecular weight excluding hydrogens is 318 g/mol. The fraction of sp³-hybridized carbons (Fsp3) is 0.125. The van der Waals surface area contributed by atoms with Crippen molar-refractivity contribution in [2.75, 3.05) is 14.2 Å². The quantitative estimate of drug-likeness (QED) is 0.795. The smallest absolute Gasteiger partial charge is 0.293 e. The SMILES string of the molecule is COc1ccc(-c2csc(C=C3SC(=O)N(C)C3=O)c2)cc1. The Bertz CT molecular complexity index is 762. The van der Waals surface area contributed by atoms with Gasteiger partial charge >= 0.3 is 0 Å². The lowest BCUT2D eigenvalue weighted by Crippen LogP contribution is -2.22. The standard InChI is InChI=1S/C16H13NO3S2/c1-17-15(18)14(22-16(17)19)8-13-7-11(9-21-13)10-3-5-12(20-2)6-4-10/h3-9H,1-2H3. The number of thioether (sulfide) groups is 1. The molecule has 1 aliphatic heterocycles. The summed E-state index contributed by atoms with van der Waals surface area (Å²) in [4.78, 5) is 25.9. The Morgan fingerprint density at radius 2 is 1.86 bits per heavy atom. The lowest BCUT2D eigenvalue weighted by Gasteiger charge is -2.01. The van der Waals surface area contributed by atoms with Crippen molar-refractivity contribution in [2.45, 2.75) is 0 Å². The van der Waals surface area contributed by atoms with Crippen LogP contribution in [0.5, 0.6) is 5.75 Å². The summed E-state index contributed by atoms with van der Waals surface area (Å²) in [6.45, 7) is 0. The normalized spacial score (nSPS) is 16.6. The summed E-state index contributed by atoms with van der Waals surface area (Å²) in [5.74, 6) is 0.574. The van der Waals surface area contributed by atoms with E-state index in [1.54, 1.807) is 24.5 Å². The van der Waals surface area contributed by atoms with Crippen LogP contribution < -0.4 is 4.74 Å². The number of rotatable bonds is 3. The van der Waals surface area contributed by atoms with E-state index in [1.165, 1.54) is 7.05 Å². The maximum Gasteiger partial charge on any atom is 0.293 e. The van der Waals surface area contributed by atoms with Crippen LogP contribution >= 0.6 is 23.1 Å². The second-order valence-electron chi connectivity index (χ2n) is 4.71. The molecule has 2 aromatic rings. The van der Waals surface area contributed by atoms with E-state index in [1.807, 2.05) is 35.7 Å². The molecule has 0 unspecified atom stereocenters. The Labute approximate surface area is 136 Å².